The highest BCUT2D eigenvalue weighted by molar-refractivity contribution is 5.65. The molecule has 0 radical (unpaired) electrons. The second kappa shape index (κ2) is 4.82. The molecule has 0 unspecified atom stereocenters. The smallest absolute Gasteiger partial charge is 0.125 e. The molecule has 3 nitrogen and oxygen atoms in total. The molecular weight excluding hydrogens is 217 g/mol. The molecule has 0 atom stereocenters. The lowest BCUT2D eigenvalue weighted by atomic mass is 10.2. The summed E-state index contributed by atoms with van der Waals surface area (Å²) >= 11 is 0. The van der Waals surface area contributed by atoms with Crippen molar-refractivity contribution in [2.75, 3.05) is 17.2 Å². The monoisotopic (exact) mass is 231 g/mol. The first-order valence-electron chi connectivity index (χ1n) is 5.44. The van der Waals surface area contributed by atoms with Gasteiger partial charge in [0.25, 0.3) is 0 Å². The molecule has 0 aliphatic rings. The van der Waals surface area contributed by atoms with Crippen LogP contribution in [0.15, 0.2) is 42.7 Å². The van der Waals surface area contributed by atoms with Crippen LogP contribution < -0.4 is 10.6 Å². The molecule has 17 heavy (non-hydrogen) atoms. The minimum atomic E-state index is -0.252. The molecule has 2 rings (SSSR count). The molecule has 4 heteroatoms. The molecule has 1 aromatic carbocycles. The second-order valence-corrected chi connectivity index (χ2v) is 3.70. The summed E-state index contributed by atoms with van der Waals surface area (Å²) in [6.45, 7) is 2.71. The van der Waals surface area contributed by atoms with E-state index >= 15 is 0 Å². The van der Waals surface area contributed by atoms with Crippen molar-refractivity contribution in [1.82, 2.24) is 4.98 Å². The maximum atomic E-state index is 13.2. The summed E-state index contributed by atoms with van der Waals surface area (Å²) in [4.78, 5) is 5.99. The van der Waals surface area contributed by atoms with Crippen LogP contribution in [0.5, 0.6) is 0 Å². The molecule has 0 spiro atoms. The Hall–Kier alpha value is -2.10. The van der Waals surface area contributed by atoms with Crippen molar-refractivity contribution in [2.45, 2.75) is 6.92 Å². The van der Waals surface area contributed by atoms with Gasteiger partial charge in [0.15, 0.2) is 0 Å². The largest absolute Gasteiger partial charge is 0.397 e. The van der Waals surface area contributed by atoms with Gasteiger partial charge in [0, 0.05) is 18.4 Å². The number of anilines is 3. The van der Waals surface area contributed by atoms with Crippen LogP contribution in [-0.2, 0) is 0 Å². The van der Waals surface area contributed by atoms with E-state index in [2.05, 4.69) is 4.98 Å². The van der Waals surface area contributed by atoms with E-state index in [4.69, 9.17) is 5.73 Å². The summed E-state index contributed by atoms with van der Waals surface area (Å²) in [6, 6.07) is 8.28. The van der Waals surface area contributed by atoms with E-state index in [-0.39, 0.29) is 5.82 Å². The summed E-state index contributed by atoms with van der Waals surface area (Å²) in [5, 5.41) is 0. The number of hydrogen-bond acceptors (Lipinski definition) is 3. The first-order chi connectivity index (χ1) is 8.20. The van der Waals surface area contributed by atoms with Crippen LogP contribution in [0.25, 0.3) is 0 Å². The van der Waals surface area contributed by atoms with Crippen molar-refractivity contribution in [3.8, 4) is 0 Å². The van der Waals surface area contributed by atoms with Crippen LogP contribution in [0.4, 0.5) is 21.5 Å². The lowest BCUT2D eigenvalue weighted by molar-refractivity contribution is 0.627. The van der Waals surface area contributed by atoms with Gasteiger partial charge < -0.3 is 10.6 Å². The Morgan fingerprint density at radius 1 is 1.24 bits per heavy atom. The molecule has 1 aromatic heterocycles. The number of benzene rings is 1. The van der Waals surface area contributed by atoms with E-state index in [9.17, 15) is 4.39 Å². The number of hydrogen-bond donors (Lipinski definition) is 1. The van der Waals surface area contributed by atoms with Crippen LogP contribution in [0, 0.1) is 5.82 Å². The summed E-state index contributed by atoms with van der Waals surface area (Å²) in [6.07, 6.45) is 3.30. The Morgan fingerprint density at radius 2 is 2.06 bits per heavy atom. The van der Waals surface area contributed by atoms with Crippen molar-refractivity contribution in [2.24, 2.45) is 0 Å². The van der Waals surface area contributed by atoms with E-state index in [1.807, 2.05) is 24.0 Å². The molecule has 2 aromatic rings. The number of nitrogens with zero attached hydrogens (tertiary/aromatic N) is 2. The predicted molar refractivity (Wildman–Crippen MR) is 67.7 cm³/mol. The normalized spacial score (nSPS) is 10.2. The van der Waals surface area contributed by atoms with Crippen molar-refractivity contribution in [3.05, 3.63) is 48.5 Å². The van der Waals surface area contributed by atoms with Crippen LogP contribution >= 0.6 is 0 Å². The fourth-order valence-electron chi connectivity index (χ4n) is 1.75. The van der Waals surface area contributed by atoms with E-state index in [1.54, 1.807) is 18.5 Å². The molecule has 1 heterocycles. The molecule has 0 bridgehead atoms. The van der Waals surface area contributed by atoms with Gasteiger partial charge in [-0.1, -0.05) is 6.07 Å². The average Bonchev–Trinajstić information content (AvgIpc) is 2.30. The van der Waals surface area contributed by atoms with E-state index < -0.39 is 0 Å². The van der Waals surface area contributed by atoms with Crippen LogP contribution in [0.1, 0.15) is 6.92 Å². The summed E-state index contributed by atoms with van der Waals surface area (Å²) in [7, 11) is 0. The minimum Gasteiger partial charge on any atom is -0.397 e. The van der Waals surface area contributed by atoms with Gasteiger partial charge in [-0.3, -0.25) is 4.98 Å². The molecule has 0 saturated heterocycles. The minimum absolute atomic E-state index is 0.252. The maximum absolute atomic E-state index is 13.2. The Labute approximate surface area is 99.7 Å². The lowest BCUT2D eigenvalue weighted by Crippen LogP contribution is -2.16. The second-order valence-electron chi connectivity index (χ2n) is 3.70. The van der Waals surface area contributed by atoms with Crippen LogP contribution in [-0.4, -0.2) is 11.5 Å². The van der Waals surface area contributed by atoms with Gasteiger partial charge >= 0.3 is 0 Å². The summed E-state index contributed by atoms with van der Waals surface area (Å²) in [5.74, 6) is -0.252. The summed E-state index contributed by atoms with van der Waals surface area (Å²) < 4.78 is 13.2. The van der Waals surface area contributed by atoms with Crippen molar-refractivity contribution in [1.29, 1.82) is 0 Å². The molecule has 0 saturated carbocycles. The molecule has 0 aliphatic carbocycles. The van der Waals surface area contributed by atoms with Crippen molar-refractivity contribution >= 4 is 17.1 Å². The number of nitrogens with two attached hydrogens (primary N) is 1. The first kappa shape index (κ1) is 11.4. The van der Waals surface area contributed by atoms with E-state index in [0.717, 1.165) is 11.4 Å². The van der Waals surface area contributed by atoms with Gasteiger partial charge in [-0.25, -0.2) is 4.39 Å². The van der Waals surface area contributed by atoms with Gasteiger partial charge in [0.2, 0.25) is 0 Å². The zero-order chi connectivity index (χ0) is 12.3. The Bertz CT molecular complexity index is 468. The number of halogens is 1. The number of nitrogen functional groups attached to an aromatic ring is 1. The zero-order valence-electron chi connectivity index (χ0n) is 9.60. The third kappa shape index (κ3) is 2.53. The summed E-state index contributed by atoms with van der Waals surface area (Å²) in [5.41, 5.74) is 7.94. The van der Waals surface area contributed by atoms with Gasteiger partial charge in [0.1, 0.15) is 5.82 Å². The molecule has 0 amide bonds. The van der Waals surface area contributed by atoms with Crippen molar-refractivity contribution in [3.63, 3.8) is 0 Å². The molecular formula is C13H14FN3. The lowest BCUT2D eigenvalue weighted by Gasteiger charge is -2.23. The Balaban J connectivity index is 2.40. The Kier molecular flexibility index (Phi) is 3.23. The van der Waals surface area contributed by atoms with E-state index in [0.29, 0.717) is 12.2 Å². The predicted octanol–water partition coefficient (Wildman–Crippen LogP) is 2.96. The quantitative estimate of drug-likeness (QED) is 0.883. The van der Waals surface area contributed by atoms with Gasteiger partial charge in [-0.15, -0.1) is 0 Å². The topological polar surface area (TPSA) is 42.2 Å². The average molecular weight is 231 g/mol. The van der Waals surface area contributed by atoms with E-state index in [1.165, 1.54) is 12.1 Å². The van der Waals surface area contributed by atoms with Crippen molar-refractivity contribution < 1.29 is 4.39 Å². The standard InChI is InChI=1S/C13H14FN3/c1-2-17(12-5-3-4-10(14)6-12)13-7-11(15)8-16-9-13/h3-9H,2,15H2,1H3. The zero-order valence-corrected chi connectivity index (χ0v) is 9.60. The highest BCUT2D eigenvalue weighted by atomic mass is 19.1. The molecule has 2 N–H and O–H groups in total. The fourth-order valence-corrected chi connectivity index (χ4v) is 1.75. The number of aromatic nitrogens is 1. The first-order valence-corrected chi connectivity index (χ1v) is 5.44. The third-order valence-corrected chi connectivity index (χ3v) is 2.49. The maximum Gasteiger partial charge on any atom is 0.125 e. The molecule has 88 valence electrons. The van der Waals surface area contributed by atoms with Crippen LogP contribution in [0.3, 0.4) is 0 Å². The number of rotatable bonds is 3. The van der Waals surface area contributed by atoms with Gasteiger partial charge in [-0.05, 0) is 31.2 Å². The fraction of sp³-hybridized carbons (Fsp3) is 0.154. The molecule has 0 fully saturated rings. The number of pyridine rings is 1. The SMILES string of the molecule is CCN(c1cncc(N)c1)c1cccc(F)c1. The highest BCUT2D eigenvalue weighted by Crippen LogP contribution is 2.25. The third-order valence-electron chi connectivity index (χ3n) is 2.49. The highest BCUT2D eigenvalue weighted by Gasteiger charge is 2.08. The van der Waals surface area contributed by atoms with Gasteiger partial charge in [-0.2, -0.15) is 0 Å². The Morgan fingerprint density at radius 3 is 2.71 bits per heavy atom. The van der Waals surface area contributed by atoms with Gasteiger partial charge in [0.05, 0.1) is 17.6 Å². The van der Waals surface area contributed by atoms with Crippen LogP contribution in [0.2, 0.25) is 0 Å². The molecule has 0 aliphatic heterocycles.